The Balaban J connectivity index is 0.000000145. The Morgan fingerprint density at radius 1 is 0.568 bits per heavy atom. The maximum absolute atomic E-state index is 13.8. The number of hydrogen-bond acceptors (Lipinski definition) is 17. The maximum atomic E-state index is 13.8. The molecule has 9 atom stereocenters. The molecule has 0 N–H and O–H groups in total. The number of aromatic nitrogens is 4. The number of oxazole rings is 2. The van der Waals surface area contributed by atoms with E-state index in [0.29, 0.717) is 56.8 Å². The molecule has 7 heterocycles. The van der Waals surface area contributed by atoms with E-state index < -0.39 is 83.3 Å². The van der Waals surface area contributed by atoms with Gasteiger partial charge in [0, 0.05) is 96.6 Å². The number of halogens is 6. The van der Waals surface area contributed by atoms with E-state index in [1.54, 1.807) is 34.0 Å². The number of alkyl halides is 6. The normalized spacial score (nSPS) is 23.8. The standard InChI is InChI=1S/C24H25F2N3O4S.C21H24F2N2O5S.C20H22F2N2O5S/c1-15(23(2,25)26)33-19-8-7-17(34(3,31)32)10-18(19)22(30)29-12-16-11-24(16,14-29)20-13-28-9-5-4-6-21(28)27-20;1-12-9-24-19(29-12)21-8-14(21)10-25(11-21)18(26)16-7-15(31(4,27)28)5-6-17(16)30-13(2)20(3,22)23;1-12(19(2,21)22)29-16-5-4-14(30(3,26)27)8-15(16)17(25)24-10-13-9-20(13,11-24)18-23-6-7-28-18/h4-10,13,15-16H,11-12,14H2,1-3H3;5-7,9,13-14H,8,10-11H2,1-4H3;4-8,12-13H,9-11H2,1-3H3/t15-,16?,24?;13-,14?,21?;12-,13?,20?/m000/s1. The molecule has 4 aromatic heterocycles. The Hall–Kier alpha value is -7.99. The smallest absolute Gasteiger partial charge is 0.281 e. The van der Waals surface area contributed by atoms with Crippen molar-refractivity contribution in [3.8, 4) is 17.2 Å². The van der Waals surface area contributed by atoms with E-state index >= 15 is 0 Å². The number of fused-ring (bicyclic) bond motifs is 4. The quantitative estimate of drug-likeness (QED) is 0.0724. The highest BCUT2D eigenvalue weighted by Crippen LogP contribution is 2.61. The van der Waals surface area contributed by atoms with E-state index in [4.69, 9.17) is 28.0 Å². The lowest BCUT2D eigenvalue weighted by molar-refractivity contribution is -0.0722. The van der Waals surface area contributed by atoms with Gasteiger partial charge in [-0.3, -0.25) is 14.4 Å². The minimum absolute atomic E-state index is 0.0366. The summed E-state index contributed by atoms with van der Waals surface area (Å²) in [7, 11) is -10.8. The summed E-state index contributed by atoms with van der Waals surface area (Å²) in [6.07, 6.45) is 9.74. The van der Waals surface area contributed by atoms with Crippen molar-refractivity contribution >= 4 is 52.9 Å². The number of likely N-dealkylation sites (tertiary alicyclic amines) is 3. The van der Waals surface area contributed by atoms with Crippen LogP contribution in [-0.2, 0) is 45.8 Å². The van der Waals surface area contributed by atoms with Crippen molar-refractivity contribution in [2.45, 2.75) is 135 Å². The van der Waals surface area contributed by atoms with Crippen molar-refractivity contribution in [2.24, 2.45) is 17.8 Å². The highest BCUT2D eigenvalue weighted by Gasteiger charge is 2.66. The predicted molar refractivity (Wildman–Crippen MR) is 331 cm³/mol. The molecule has 13 rings (SSSR count). The second kappa shape index (κ2) is 24.0. The van der Waals surface area contributed by atoms with Gasteiger partial charge in [0.25, 0.3) is 35.5 Å². The molecule has 95 heavy (non-hydrogen) atoms. The van der Waals surface area contributed by atoms with Crippen molar-refractivity contribution in [1.82, 2.24) is 34.1 Å². The fourth-order valence-corrected chi connectivity index (χ4v) is 14.6. The predicted octanol–water partition coefficient (Wildman–Crippen LogP) is 9.71. The monoisotopic (exact) mass is 1380 g/mol. The fourth-order valence-electron chi connectivity index (χ4n) is 12.6. The molecular formula is C65H71F6N7O14S3. The lowest BCUT2D eigenvalue weighted by Gasteiger charge is -2.25. The lowest BCUT2D eigenvalue weighted by atomic mass is 10.0. The zero-order valence-electron chi connectivity index (χ0n) is 53.5. The van der Waals surface area contributed by atoms with Gasteiger partial charge >= 0.3 is 0 Å². The van der Waals surface area contributed by atoms with Gasteiger partial charge in [0.2, 0.25) is 11.8 Å². The molecule has 3 aromatic carbocycles. The first-order valence-corrected chi connectivity index (χ1v) is 36.1. The summed E-state index contributed by atoms with van der Waals surface area (Å²) >= 11 is 0. The van der Waals surface area contributed by atoms with Gasteiger partial charge in [-0.05, 0) is 131 Å². The van der Waals surface area contributed by atoms with E-state index in [1.807, 2.05) is 35.0 Å². The van der Waals surface area contributed by atoms with E-state index in [9.17, 15) is 66.0 Å². The van der Waals surface area contributed by atoms with E-state index in [-0.39, 0.29) is 82.6 Å². The summed E-state index contributed by atoms with van der Waals surface area (Å²) in [5, 5.41) is 0. The average Bonchev–Trinajstić information content (AvgIpc) is 1.56. The van der Waals surface area contributed by atoms with Crippen molar-refractivity contribution < 1.29 is 89.0 Å². The number of piperidine rings is 3. The van der Waals surface area contributed by atoms with Gasteiger partial charge in [0.05, 0.1) is 60.3 Å². The molecule has 6 fully saturated rings. The summed E-state index contributed by atoms with van der Waals surface area (Å²) in [4.78, 5) is 58.0. The van der Waals surface area contributed by atoms with Gasteiger partial charge in [0.1, 0.15) is 34.9 Å². The first-order valence-electron chi connectivity index (χ1n) is 30.4. The molecule has 3 aliphatic heterocycles. The Labute approximate surface area is 544 Å². The lowest BCUT2D eigenvalue weighted by Crippen LogP contribution is -2.35. The molecule has 3 amide bonds. The summed E-state index contributed by atoms with van der Waals surface area (Å²) in [6.45, 7) is 10.1. The minimum atomic E-state index is -3.62. The van der Waals surface area contributed by atoms with E-state index in [0.717, 1.165) is 70.1 Å². The van der Waals surface area contributed by atoms with Crippen molar-refractivity contribution in [3.05, 3.63) is 144 Å². The number of imidazole rings is 1. The fraction of sp³-hybridized carbons (Fsp3) is 0.477. The third-order valence-electron chi connectivity index (χ3n) is 19.0. The van der Waals surface area contributed by atoms with Crippen LogP contribution in [0.1, 0.15) is 115 Å². The number of rotatable bonds is 18. The third kappa shape index (κ3) is 13.8. The van der Waals surface area contributed by atoms with Gasteiger partial charge in [-0.2, -0.15) is 0 Å². The molecule has 6 aliphatic rings. The molecule has 0 bridgehead atoms. The molecule has 0 spiro atoms. The van der Waals surface area contributed by atoms with Crippen LogP contribution in [0.2, 0.25) is 0 Å². The zero-order valence-corrected chi connectivity index (χ0v) is 55.9. The van der Waals surface area contributed by atoms with Gasteiger partial charge in [0.15, 0.2) is 47.8 Å². The zero-order chi connectivity index (χ0) is 69.1. The Morgan fingerprint density at radius 2 is 0.958 bits per heavy atom. The van der Waals surface area contributed by atoms with Crippen LogP contribution in [0.25, 0.3) is 5.65 Å². The average molecular weight is 1380 g/mol. The highest BCUT2D eigenvalue weighted by molar-refractivity contribution is 7.91. The van der Waals surface area contributed by atoms with Gasteiger partial charge in [-0.25, -0.2) is 66.5 Å². The number of benzene rings is 3. The van der Waals surface area contributed by atoms with Crippen LogP contribution in [0.4, 0.5) is 26.3 Å². The number of ether oxygens (including phenoxy) is 3. The molecule has 3 saturated carbocycles. The molecule has 510 valence electrons. The number of nitrogens with zero attached hydrogens (tertiary/aromatic N) is 7. The van der Waals surface area contributed by atoms with Crippen LogP contribution >= 0.6 is 0 Å². The molecule has 7 aromatic rings. The van der Waals surface area contributed by atoms with Gasteiger partial charge in [-0.1, -0.05) is 6.07 Å². The highest BCUT2D eigenvalue weighted by atomic mass is 32.2. The van der Waals surface area contributed by atoms with Crippen LogP contribution < -0.4 is 14.2 Å². The number of carbonyl (C=O) groups excluding carboxylic acids is 3. The topological polar surface area (TPSA) is 260 Å². The number of pyridine rings is 1. The number of carbonyl (C=O) groups is 3. The molecule has 3 aliphatic carbocycles. The number of amides is 3. The third-order valence-corrected chi connectivity index (χ3v) is 22.3. The minimum Gasteiger partial charge on any atom is -0.484 e. The van der Waals surface area contributed by atoms with Crippen molar-refractivity contribution in [3.63, 3.8) is 0 Å². The van der Waals surface area contributed by atoms with Gasteiger partial charge in [-0.15, -0.1) is 0 Å². The molecule has 6 unspecified atom stereocenters. The summed E-state index contributed by atoms with van der Waals surface area (Å²) in [5.74, 6) is -8.55. The van der Waals surface area contributed by atoms with Crippen LogP contribution in [-0.4, -0.2) is 171 Å². The summed E-state index contributed by atoms with van der Waals surface area (Å²) in [6, 6.07) is 16.9. The summed E-state index contributed by atoms with van der Waals surface area (Å²) in [5.41, 5.74) is 0.665. The van der Waals surface area contributed by atoms with Crippen LogP contribution in [0.3, 0.4) is 0 Å². The second-order valence-electron chi connectivity index (χ2n) is 26.4. The number of aryl methyl sites for hydroxylation is 1. The molecule has 3 saturated heterocycles. The van der Waals surface area contributed by atoms with Gasteiger partial charge < -0.3 is 42.1 Å². The Kier molecular flexibility index (Phi) is 17.3. The largest absolute Gasteiger partial charge is 0.484 e. The molecular weight excluding hydrogens is 1310 g/mol. The number of sulfone groups is 3. The van der Waals surface area contributed by atoms with Crippen molar-refractivity contribution in [2.75, 3.05) is 58.0 Å². The Morgan fingerprint density at radius 3 is 1.32 bits per heavy atom. The van der Waals surface area contributed by atoms with Crippen molar-refractivity contribution in [1.29, 1.82) is 0 Å². The van der Waals surface area contributed by atoms with Crippen LogP contribution in [0.15, 0.2) is 127 Å². The maximum Gasteiger partial charge on any atom is 0.281 e. The first-order chi connectivity index (χ1) is 44.1. The van der Waals surface area contributed by atoms with Crippen LogP contribution in [0, 0.1) is 24.7 Å². The number of hydrogen-bond donors (Lipinski definition) is 0. The molecule has 21 nitrogen and oxygen atoms in total. The summed E-state index contributed by atoms with van der Waals surface area (Å²) < 4.78 is 184. The second-order valence-corrected chi connectivity index (χ2v) is 32.4. The molecule has 30 heteroatoms. The SMILES string of the molecule is C[C@H](Oc1ccc(S(C)(=O)=O)cc1C(=O)N1CC2CC2(c2cn3ccccc3n2)C1)C(C)(F)F.C[C@H](Oc1ccc(S(C)(=O)=O)cc1C(=O)N1CC2CC2(c2ncco2)C1)C(C)(F)F.Cc1cnc(C23CC2CN(C(=O)c2cc(S(C)(=O)=O)ccc2O[C@@H](C)C(C)(F)F)C3)o1. The van der Waals surface area contributed by atoms with E-state index in [2.05, 4.69) is 9.97 Å². The van der Waals surface area contributed by atoms with Crippen LogP contribution in [0.5, 0.6) is 17.2 Å². The molecule has 0 radical (unpaired) electrons. The Bertz CT molecular complexity index is 4480. The van der Waals surface area contributed by atoms with E-state index in [1.165, 1.54) is 81.6 Å². The first kappa shape index (κ1) is 68.4.